The first-order chi connectivity index (χ1) is 11.7. The minimum Gasteiger partial charge on any atom is -0.445 e. The first-order valence-electron chi connectivity index (χ1n) is 8.55. The van der Waals surface area contributed by atoms with E-state index in [1.54, 1.807) is 0 Å². The smallest absolute Gasteiger partial charge is 0.410 e. The van der Waals surface area contributed by atoms with Gasteiger partial charge in [-0.3, -0.25) is 9.69 Å². The highest BCUT2D eigenvalue weighted by Crippen LogP contribution is 2.19. The molecule has 0 aromatic heterocycles. The number of likely N-dealkylation sites (tertiary alicyclic amines) is 1. The predicted molar refractivity (Wildman–Crippen MR) is 90.5 cm³/mol. The largest absolute Gasteiger partial charge is 0.445 e. The van der Waals surface area contributed by atoms with Crippen LogP contribution in [0.4, 0.5) is 4.79 Å². The number of carbonyl (C=O) groups is 2. The van der Waals surface area contributed by atoms with Gasteiger partial charge in [0.2, 0.25) is 5.91 Å². The molecule has 1 atom stereocenters. The monoisotopic (exact) mass is 334 g/mol. The van der Waals surface area contributed by atoms with E-state index in [1.807, 2.05) is 37.3 Å². The van der Waals surface area contributed by atoms with E-state index in [1.165, 1.54) is 4.90 Å². The molecule has 1 aliphatic heterocycles. The number of nitrogens with zero attached hydrogens (tertiary/aromatic N) is 1. The predicted octanol–water partition coefficient (Wildman–Crippen LogP) is 2.33. The third kappa shape index (κ3) is 5.53. The van der Waals surface area contributed by atoms with Crippen molar-refractivity contribution in [2.24, 2.45) is 0 Å². The molecule has 0 unspecified atom stereocenters. The lowest BCUT2D eigenvalue weighted by Gasteiger charge is -2.23. The van der Waals surface area contributed by atoms with Gasteiger partial charge in [-0.1, -0.05) is 30.3 Å². The summed E-state index contributed by atoms with van der Waals surface area (Å²) >= 11 is 0. The standard InChI is InChI=1S/C18H26N2O4/c1-2-23-13-7-11-19-17(21)16-10-6-12-20(16)18(22)24-14-15-8-4-3-5-9-15/h3-5,8-9,16H,2,6-7,10-14H2,1H3,(H,19,21)/t16-/m1/s1. The highest BCUT2D eigenvalue weighted by molar-refractivity contribution is 5.86. The molecule has 2 amide bonds. The summed E-state index contributed by atoms with van der Waals surface area (Å²) in [5.41, 5.74) is 0.932. The molecule has 1 heterocycles. The minimum absolute atomic E-state index is 0.111. The lowest BCUT2D eigenvalue weighted by molar-refractivity contribution is -0.125. The Kier molecular flexibility index (Phi) is 7.55. The SMILES string of the molecule is CCOCCCNC(=O)[C@H]1CCCN1C(=O)OCc1ccccc1. The maximum absolute atomic E-state index is 12.3. The molecular formula is C18H26N2O4. The van der Waals surface area contributed by atoms with Crippen molar-refractivity contribution in [1.82, 2.24) is 10.2 Å². The van der Waals surface area contributed by atoms with E-state index in [0.29, 0.717) is 32.7 Å². The molecule has 0 saturated carbocycles. The molecule has 0 aliphatic carbocycles. The van der Waals surface area contributed by atoms with Gasteiger partial charge in [0.25, 0.3) is 0 Å². The quantitative estimate of drug-likeness (QED) is 0.741. The van der Waals surface area contributed by atoms with Crippen molar-refractivity contribution in [3.63, 3.8) is 0 Å². The number of rotatable bonds is 8. The zero-order valence-electron chi connectivity index (χ0n) is 14.2. The van der Waals surface area contributed by atoms with Gasteiger partial charge < -0.3 is 14.8 Å². The van der Waals surface area contributed by atoms with Gasteiger partial charge in [0, 0.05) is 26.3 Å². The number of hydrogen-bond acceptors (Lipinski definition) is 4. The number of benzene rings is 1. The van der Waals surface area contributed by atoms with Crippen LogP contribution in [0.2, 0.25) is 0 Å². The molecule has 1 N–H and O–H groups in total. The second kappa shape index (κ2) is 9.93. The van der Waals surface area contributed by atoms with Gasteiger partial charge in [-0.15, -0.1) is 0 Å². The highest BCUT2D eigenvalue weighted by Gasteiger charge is 2.34. The van der Waals surface area contributed by atoms with Crippen molar-refractivity contribution in [2.45, 2.75) is 38.8 Å². The van der Waals surface area contributed by atoms with Crippen LogP contribution < -0.4 is 5.32 Å². The molecule has 1 fully saturated rings. The molecule has 1 aliphatic rings. The molecule has 0 spiro atoms. The number of hydrogen-bond donors (Lipinski definition) is 1. The van der Waals surface area contributed by atoms with Crippen LogP contribution >= 0.6 is 0 Å². The van der Waals surface area contributed by atoms with Crippen LogP contribution in [0.3, 0.4) is 0 Å². The van der Waals surface area contributed by atoms with Crippen LogP contribution in [0, 0.1) is 0 Å². The molecule has 0 radical (unpaired) electrons. The summed E-state index contributed by atoms with van der Waals surface area (Å²) in [5, 5.41) is 2.87. The number of carbonyl (C=O) groups excluding carboxylic acids is 2. The van der Waals surface area contributed by atoms with E-state index in [0.717, 1.165) is 18.4 Å². The Morgan fingerprint density at radius 3 is 2.83 bits per heavy atom. The normalized spacial score (nSPS) is 16.9. The van der Waals surface area contributed by atoms with Gasteiger partial charge in [-0.2, -0.15) is 0 Å². The van der Waals surface area contributed by atoms with Gasteiger partial charge in [-0.05, 0) is 31.7 Å². The maximum atomic E-state index is 12.3. The van der Waals surface area contributed by atoms with E-state index >= 15 is 0 Å². The first-order valence-corrected chi connectivity index (χ1v) is 8.55. The Labute approximate surface area is 143 Å². The van der Waals surface area contributed by atoms with Crippen molar-refractivity contribution in [3.8, 4) is 0 Å². The summed E-state index contributed by atoms with van der Waals surface area (Å²) in [7, 11) is 0. The van der Waals surface area contributed by atoms with Crippen LogP contribution in [-0.4, -0.2) is 49.2 Å². The summed E-state index contributed by atoms with van der Waals surface area (Å²) in [6.45, 7) is 4.59. The average molecular weight is 334 g/mol. The van der Waals surface area contributed by atoms with Gasteiger partial charge >= 0.3 is 6.09 Å². The molecule has 24 heavy (non-hydrogen) atoms. The summed E-state index contributed by atoms with van der Waals surface area (Å²) < 4.78 is 10.6. The Hall–Kier alpha value is -2.08. The fraction of sp³-hybridized carbons (Fsp3) is 0.556. The second-order valence-electron chi connectivity index (χ2n) is 5.73. The molecule has 2 rings (SSSR count). The number of ether oxygens (including phenoxy) is 2. The molecule has 1 aromatic rings. The number of amides is 2. The summed E-state index contributed by atoms with van der Waals surface area (Å²) in [5.74, 6) is -0.111. The Morgan fingerprint density at radius 1 is 1.29 bits per heavy atom. The number of nitrogens with one attached hydrogen (secondary N) is 1. The lowest BCUT2D eigenvalue weighted by Crippen LogP contribution is -2.46. The van der Waals surface area contributed by atoms with E-state index in [4.69, 9.17) is 9.47 Å². The molecule has 1 aromatic carbocycles. The fourth-order valence-electron chi connectivity index (χ4n) is 2.71. The molecule has 6 nitrogen and oxygen atoms in total. The lowest BCUT2D eigenvalue weighted by atomic mass is 10.2. The zero-order chi connectivity index (χ0) is 17.2. The van der Waals surface area contributed by atoms with E-state index in [9.17, 15) is 9.59 Å². The second-order valence-corrected chi connectivity index (χ2v) is 5.73. The van der Waals surface area contributed by atoms with E-state index in [-0.39, 0.29) is 12.5 Å². The van der Waals surface area contributed by atoms with Gasteiger partial charge in [0.15, 0.2) is 0 Å². The first kappa shape index (κ1) is 18.3. The minimum atomic E-state index is -0.430. The topological polar surface area (TPSA) is 67.9 Å². The molecule has 1 saturated heterocycles. The summed E-state index contributed by atoms with van der Waals surface area (Å²) in [6, 6.07) is 9.09. The third-order valence-corrected chi connectivity index (χ3v) is 3.96. The van der Waals surface area contributed by atoms with Crippen LogP contribution in [0.1, 0.15) is 31.7 Å². The zero-order valence-corrected chi connectivity index (χ0v) is 14.2. The van der Waals surface area contributed by atoms with Crippen molar-refractivity contribution in [2.75, 3.05) is 26.3 Å². The van der Waals surface area contributed by atoms with Crippen LogP contribution in [-0.2, 0) is 20.9 Å². The molecule has 0 bridgehead atoms. The highest BCUT2D eigenvalue weighted by atomic mass is 16.6. The van der Waals surface area contributed by atoms with Crippen LogP contribution in [0.25, 0.3) is 0 Å². The van der Waals surface area contributed by atoms with Crippen molar-refractivity contribution >= 4 is 12.0 Å². The summed E-state index contributed by atoms with van der Waals surface area (Å²) in [4.78, 5) is 26.0. The van der Waals surface area contributed by atoms with Gasteiger partial charge in [0.05, 0.1) is 0 Å². The Balaban J connectivity index is 1.76. The van der Waals surface area contributed by atoms with Crippen molar-refractivity contribution in [1.29, 1.82) is 0 Å². The third-order valence-electron chi connectivity index (χ3n) is 3.96. The Bertz CT molecular complexity index is 521. The Morgan fingerprint density at radius 2 is 2.08 bits per heavy atom. The molecule has 6 heteroatoms. The van der Waals surface area contributed by atoms with E-state index in [2.05, 4.69) is 5.32 Å². The van der Waals surface area contributed by atoms with Crippen LogP contribution in [0.15, 0.2) is 30.3 Å². The van der Waals surface area contributed by atoms with Crippen LogP contribution in [0.5, 0.6) is 0 Å². The average Bonchev–Trinajstić information content (AvgIpc) is 3.10. The van der Waals surface area contributed by atoms with Gasteiger partial charge in [0.1, 0.15) is 12.6 Å². The van der Waals surface area contributed by atoms with E-state index < -0.39 is 12.1 Å². The van der Waals surface area contributed by atoms with Crippen molar-refractivity contribution in [3.05, 3.63) is 35.9 Å². The van der Waals surface area contributed by atoms with Crippen molar-refractivity contribution < 1.29 is 19.1 Å². The molecular weight excluding hydrogens is 308 g/mol. The maximum Gasteiger partial charge on any atom is 0.410 e. The molecule has 132 valence electrons. The van der Waals surface area contributed by atoms with Gasteiger partial charge in [-0.25, -0.2) is 4.79 Å². The summed E-state index contributed by atoms with van der Waals surface area (Å²) in [6.07, 6.45) is 1.84. The fourth-order valence-corrected chi connectivity index (χ4v) is 2.71.